The number of benzene rings is 1. The first kappa shape index (κ1) is 17.5. The minimum absolute atomic E-state index is 0.0616. The van der Waals surface area contributed by atoms with Gasteiger partial charge in [0, 0.05) is 18.4 Å². The maximum Gasteiger partial charge on any atom is 0.252 e. The van der Waals surface area contributed by atoms with Crippen LogP contribution in [0.25, 0.3) is 0 Å². The molecule has 1 N–H and O–H groups in total. The van der Waals surface area contributed by atoms with E-state index in [1.807, 2.05) is 32.0 Å². The quantitative estimate of drug-likeness (QED) is 0.906. The van der Waals surface area contributed by atoms with E-state index in [9.17, 15) is 9.18 Å². The molecule has 25 heavy (non-hydrogen) atoms. The van der Waals surface area contributed by atoms with Crippen molar-refractivity contribution in [2.45, 2.75) is 32.7 Å². The molecule has 0 spiro atoms. The fourth-order valence-corrected chi connectivity index (χ4v) is 3.25. The van der Waals surface area contributed by atoms with E-state index in [-0.39, 0.29) is 17.8 Å². The molecule has 1 aliphatic rings. The van der Waals surface area contributed by atoms with Crippen LogP contribution in [0, 0.1) is 19.7 Å². The highest BCUT2D eigenvalue weighted by atomic mass is 19.1. The van der Waals surface area contributed by atoms with Crippen LogP contribution in [0.4, 0.5) is 4.39 Å². The minimum atomic E-state index is -0.242. The molecule has 0 aliphatic carbocycles. The van der Waals surface area contributed by atoms with Gasteiger partial charge in [0.15, 0.2) is 0 Å². The van der Waals surface area contributed by atoms with E-state index in [0.717, 1.165) is 42.8 Å². The molecule has 1 aromatic heterocycles. The number of hydrogen-bond donors (Lipinski definition) is 1. The first-order valence-electron chi connectivity index (χ1n) is 8.75. The van der Waals surface area contributed by atoms with Crippen molar-refractivity contribution in [3.8, 4) is 0 Å². The summed E-state index contributed by atoms with van der Waals surface area (Å²) in [7, 11) is 0. The summed E-state index contributed by atoms with van der Waals surface area (Å²) in [5, 5.41) is 3.02. The Kier molecular flexibility index (Phi) is 5.43. The van der Waals surface area contributed by atoms with Gasteiger partial charge in [0.1, 0.15) is 5.82 Å². The van der Waals surface area contributed by atoms with E-state index in [0.29, 0.717) is 12.1 Å². The second kappa shape index (κ2) is 7.74. The highest BCUT2D eigenvalue weighted by Crippen LogP contribution is 2.25. The van der Waals surface area contributed by atoms with Crippen LogP contribution >= 0.6 is 0 Å². The fraction of sp³-hybridized carbons (Fsp3) is 0.400. The van der Waals surface area contributed by atoms with Crippen molar-refractivity contribution in [3.63, 3.8) is 0 Å². The Hall–Kier alpha value is -2.27. The smallest absolute Gasteiger partial charge is 0.252 e. The maximum atomic E-state index is 13.2. The van der Waals surface area contributed by atoms with Crippen LogP contribution < -0.4 is 5.32 Å². The Labute approximate surface area is 148 Å². The summed E-state index contributed by atoms with van der Waals surface area (Å²) in [6, 6.07) is 8.50. The molecule has 132 valence electrons. The molecule has 0 bridgehead atoms. The number of amides is 1. The molecule has 4 nitrogen and oxygen atoms in total. The molecule has 0 saturated carbocycles. The second-order valence-electron chi connectivity index (χ2n) is 6.65. The second-order valence-corrected chi connectivity index (χ2v) is 6.65. The van der Waals surface area contributed by atoms with E-state index in [4.69, 9.17) is 0 Å². The summed E-state index contributed by atoms with van der Waals surface area (Å²) in [6.07, 6.45) is 3.93. The molecule has 2 aromatic rings. The zero-order chi connectivity index (χ0) is 17.8. The first-order chi connectivity index (χ1) is 12.0. The number of aromatic nitrogens is 1. The number of rotatable bonds is 5. The molecule has 5 heteroatoms. The van der Waals surface area contributed by atoms with E-state index < -0.39 is 0 Å². The van der Waals surface area contributed by atoms with Crippen molar-refractivity contribution in [3.05, 3.63) is 64.7 Å². The van der Waals surface area contributed by atoms with Crippen LogP contribution in [0.15, 0.2) is 36.5 Å². The highest BCUT2D eigenvalue weighted by Gasteiger charge is 2.24. The van der Waals surface area contributed by atoms with Crippen LogP contribution in [0.2, 0.25) is 0 Å². The summed E-state index contributed by atoms with van der Waals surface area (Å²) >= 11 is 0. The van der Waals surface area contributed by atoms with Gasteiger partial charge in [-0.1, -0.05) is 12.1 Å². The van der Waals surface area contributed by atoms with Crippen LogP contribution in [0.1, 0.15) is 46.1 Å². The Morgan fingerprint density at radius 1 is 1.24 bits per heavy atom. The summed E-state index contributed by atoms with van der Waals surface area (Å²) in [6.45, 7) is 6.38. The predicted molar refractivity (Wildman–Crippen MR) is 96.0 cm³/mol. The molecule has 2 heterocycles. The lowest BCUT2D eigenvalue weighted by Crippen LogP contribution is -2.36. The van der Waals surface area contributed by atoms with Gasteiger partial charge in [-0.2, -0.15) is 0 Å². The molecule has 1 fully saturated rings. The van der Waals surface area contributed by atoms with Crippen LogP contribution in [-0.2, 0) is 0 Å². The van der Waals surface area contributed by atoms with E-state index in [2.05, 4.69) is 15.2 Å². The van der Waals surface area contributed by atoms with Crippen LogP contribution in [0.3, 0.4) is 0 Å². The van der Waals surface area contributed by atoms with Crippen LogP contribution in [0.5, 0.6) is 0 Å². The summed E-state index contributed by atoms with van der Waals surface area (Å²) in [5.41, 5.74) is 3.53. The molecule has 1 aliphatic heterocycles. The molecule has 1 saturated heterocycles. The summed E-state index contributed by atoms with van der Waals surface area (Å²) in [4.78, 5) is 19.1. The molecule has 1 atom stereocenters. The first-order valence-corrected chi connectivity index (χ1v) is 8.75. The molecule has 1 amide bonds. The largest absolute Gasteiger partial charge is 0.350 e. The minimum Gasteiger partial charge on any atom is -0.350 e. The molecule has 3 rings (SSSR count). The van der Waals surface area contributed by atoms with Gasteiger partial charge in [0.2, 0.25) is 0 Å². The third kappa shape index (κ3) is 4.23. The van der Waals surface area contributed by atoms with Crippen molar-refractivity contribution in [1.82, 2.24) is 15.2 Å². The Balaban J connectivity index is 1.72. The third-order valence-corrected chi connectivity index (χ3v) is 4.89. The van der Waals surface area contributed by atoms with Gasteiger partial charge in [-0.3, -0.25) is 14.7 Å². The molecule has 0 radical (unpaired) electrons. The number of nitrogens with zero attached hydrogens (tertiary/aromatic N) is 2. The van der Waals surface area contributed by atoms with E-state index in [1.54, 1.807) is 6.20 Å². The van der Waals surface area contributed by atoms with Crippen molar-refractivity contribution in [2.24, 2.45) is 0 Å². The van der Waals surface area contributed by atoms with Crippen molar-refractivity contribution in [2.75, 3.05) is 19.6 Å². The number of nitrogens with one attached hydrogen (secondary N) is 1. The maximum absolute atomic E-state index is 13.2. The predicted octanol–water partition coefficient (Wildman–Crippen LogP) is 3.40. The lowest BCUT2D eigenvalue weighted by Gasteiger charge is -2.28. The molecular weight excluding hydrogens is 317 g/mol. The Morgan fingerprint density at radius 2 is 1.92 bits per heavy atom. The van der Waals surface area contributed by atoms with E-state index >= 15 is 0 Å². The zero-order valence-corrected chi connectivity index (χ0v) is 14.8. The molecular formula is C20H24FN3O. The Bertz CT molecular complexity index is 739. The van der Waals surface area contributed by atoms with E-state index in [1.165, 1.54) is 12.1 Å². The number of aryl methyl sites for hydroxylation is 2. The van der Waals surface area contributed by atoms with Gasteiger partial charge in [-0.25, -0.2) is 4.39 Å². The van der Waals surface area contributed by atoms with Gasteiger partial charge >= 0.3 is 0 Å². The molecule has 0 unspecified atom stereocenters. The number of carbonyl (C=O) groups excluding carboxylic acids is 1. The number of carbonyl (C=O) groups is 1. The third-order valence-electron chi connectivity index (χ3n) is 4.89. The van der Waals surface area contributed by atoms with Crippen LogP contribution in [-0.4, -0.2) is 35.4 Å². The number of likely N-dealkylation sites (tertiary alicyclic amines) is 1. The van der Waals surface area contributed by atoms with Gasteiger partial charge in [0.05, 0.1) is 11.6 Å². The zero-order valence-electron chi connectivity index (χ0n) is 14.8. The van der Waals surface area contributed by atoms with Crippen molar-refractivity contribution in [1.29, 1.82) is 0 Å². The lowest BCUT2D eigenvalue weighted by molar-refractivity contribution is 0.0937. The summed E-state index contributed by atoms with van der Waals surface area (Å²) in [5.74, 6) is -0.365. The highest BCUT2D eigenvalue weighted by molar-refractivity contribution is 5.94. The Morgan fingerprint density at radius 3 is 2.56 bits per heavy atom. The van der Waals surface area contributed by atoms with Gasteiger partial charge in [-0.15, -0.1) is 0 Å². The monoisotopic (exact) mass is 341 g/mol. The number of pyridine rings is 1. The average Bonchev–Trinajstić information content (AvgIpc) is 3.13. The fourth-order valence-electron chi connectivity index (χ4n) is 3.25. The normalized spacial score (nSPS) is 16.0. The van der Waals surface area contributed by atoms with Crippen molar-refractivity contribution >= 4 is 5.91 Å². The van der Waals surface area contributed by atoms with Gasteiger partial charge < -0.3 is 5.32 Å². The summed E-state index contributed by atoms with van der Waals surface area (Å²) < 4.78 is 13.2. The average molecular weight is 341 g/mol. The molecule has 1 aromatic carbocycles. The topological polar surface area (TPSA) is 45.2 Å². The standard InChI is InChI=1S/C20H24FN3O/c1-14-11-17(12-22-15(14)2)20(25)23-13-19(24-9-3-4-10-24)16-5-7-18(21)8-6-16/h5-8,11-12,19H,3-4,9-10,13H2,1-2H3,(H,23,25)/t19-/m0/s1. The van der Waals surface area contributed by atoms with Crippen molar-refractivity contribution < 1.29 is 9.18 Å². The van der Waals surface area contributed by atoms with Gasteiger partial charge in [0.25, 0.3) is 5.91 Å². The lowest BCUT2D eigenvalue weighted by atomic mass is 10.0. The van der Waals surface area contributed by atoms with Gasteiger partial charge in [-0.05, 0) is 69.1 Å². The number of hydrogen-bond acceptors (Lipinski definition) is 3. The SMILES string of the molecule is Cc1cc(C(=O)NC[C@@H](c2ccc(F)cc2)N2CCCC2)cnc1C. The number of halogens is 1.